The quantitative estimate of drug-likeness (QED) is 0.912. The Morgan fingerprint density at radius 1 is 1.36 bits per heavy atom. The van der Waals surface area contributed by atoms with E-state index >= 15 is 0 Å². The summed E-state index contributed by atoms with van der Waals surface area (Å²) in [6.45, 7) is 2.49. The average molecular weight is 300 g/mol. The third-order valence-electron chi connectivity index (χ3n) is 4.76. The standard InChI is InChI=1S/C18H24N2O2/c1-13-5-6-15-14(11-19-16(15)9-13)10-17(21)20(2)12-18(22)7-3-4-8-18/h5-6,9,11,19,22H,3-4,7-8,10,12H2,1-2H3. The minimum atomic E-state index is -0.679. The number of hydrogen-bond donors (Lipinski definition) is 2. The summed E-state index contributed by atoms with van der Waals surface area (Å²) >= 11 is 0. The van der Waals surface area contributed by atoms with Gasteiger partial charge in [0.2, 0.25) is 5.91 Å². The number of aromatic amines is 1. The van der Waals surface area contributed by atoms with Crippen LogP contribution in [0, 0.1) is 6.92 Å². The van der Waals surface area contributed by atoms with Gasteiger partial charge in [-0.2, -0.15) is 0 Å². The smallest absolute Gasteiger partial charge is 0.226 e. The minimum absolute atomic E-state index is 0.0572. The summed E-state index contributed by atoms with van der Waals surface area (Å²) < 4.78 is 0. The summed E-state index contributed by atoms with van der Waals surface area (Å²) in [7, 11) is 1.79. The monoisotopic (exact) mass is 300 g/mol. The van der Waals surface area contributed by atoms with E-state index in [0.717, 1.165) is 42.1 Å². The largest absolute Gasteiger partial charge is 0.388 e. The molecule has 0 bridgehead atoms. The first-order chi connectivity index (χ1) is 10.5. The maximum absolute atomic E-state index is 12.5. The molecule has 0 spiro atoms. The number of H-pyrrole nitrogens is 1. The number of amides is 1. The van der Waals surface area contributed by atoms with Gasteiger partial charge in [0.15, 0.2) is 0 Å². The van der Waals surface area contributed by atoms with Gasteiger partial charge in [-0.3, -0.25) is 4.79 Å². The van der Waals surface area contributed by atoms with E-state index in [1.165, 1.54) is 5.56 Å². The van der Waals surface area contributed by atoms with Gasteiger partial charge in [0.1, 0.15) is 0 Å². The van der Waals surface area contributed by atoms with Crippen molar-refractivity contribution < 1.29 is 9.90 Å². The van der Waals surface area contributed by atoms with E-state index in [1.807, 2.05) is 6.20 Å². The lowest BCUT2D eigenvalue weighted by Crippen LogP contribution is -2.42. The number of rotatable bonds is 4. The number of likely N-dealkylation sites (N-methyl/N-ethyl adjacent to an activating group) is 1. The van der Waals surface area contributed by atoms with E-state index in [2.05, 4.69) is 30.1 Å². The molecule has 0 aliphatic heterocycles. The highest BCUT2D eigenvalue weighted by Crippen LogP contribution is 2.30. The van der Waals surface area contributed by atoms with Crippen LogP contribution in [-0.2, 0) is 11.2 Å². The second kappa shape index (κ2) is 5.76. The summed E-state index contributed by atoms with van der Waals surface area (Å²) in [5.41, 5.74) is 2.61. The first kappa shape index (κ1) is 15.1. The molecule has 1 aliphatic rings. The van der Waals surface area contributed by atoms with Gasteiger partial charge in [-0.05, 0) is 37.0 Å². The SMILES string of the molecule is Cc1ccc2c(CC(=O)N(C)CC3(O)CCCC3)c[nH]c2c1. The highest BCUT2D eigenvalue weighted by atomic mass is 16.3. The molecule has 0 radical (unpaired) electrons. The molecule has 1 saturated carbocycles. The molecule has 4 heteroatoms. The molecule has 1 heterocycles. The third-order valence-corrected chi connectivity index (χ3v) is 4.76. The van der Waals surface area contributed by atoms with Crippen LogP contribution in [0.25, 0.3) is 10.9 Å². The van der Waals surface area contributed by atoms with Crippen LogP contribution in [0.2, 0.25) is 0 Å². The Morgan fingerprint density at radius 3 is 2.82 bits per heavy atom. The van der Waals surface area contributed by atoms with Crippen molar-refractivity contribution in [3.05, 3.63) is 35.5 Å². The summed E-state index contributed by atoms with van der Waals surface area (Å²) in [5.74, 6) is 0.0572. The highest BCUT2D eigenvalue weighted by Gasteiger charge is 2.33. The number of carbonyl (C=O) groups excluding carboxylic acids is 1. The molecule has 2 aromatic rings. The summed E-state index contributed by atoms with van der Waals surface area (Å²) in [5, 5.41) is 11.5. The summed E-state index contributed by atoms with van der Waals surface area (Å²) in [6.07, 6.45) is 6.00. The topological polar surface area (TPSA) is 56.3 Å². The Morgan fingerprint density at radius 2 is 2.09 bits per heavy atom. The molecule has 1 aromatic heterocycles. The van der Waals surface area contributed by atoms with Crippen molar-refractivity contribution >= 4 is 16.8 Å². The fourth-order valence-electron chi connectivity index (χ4n) is 3.47. The summed E-state index contributed by atoms with van der Waals surface area (Å²) in [4.78, 5) is 17.4. The molecule has 4 nitrogen and oxygen atoms in total. The van der Waals surface area contributed by atoms with Crippen molar-refractivity contribution in [2.45, 2.75) is 44.6 Å². The second-order valence-electron chi connectivity index (χ2n) is 6.72. The number of benzene rings is 1. The van der Waals surface area contributed by atoms with Crippen molar-refractivity contribution in [3.8, 4) is 0 Å². The molecule has 1 aromatic carbocycles. The van der Waals surface area contributed by atoms with Crippen LogP contribution in [0.4, 0.5) is 0 Å². The van der Waals surface area contributed by atoms with E-state index < -0.39 is 5.60 Å². The van der Waals surface area contributed by atoms with Gasteiger partial charge >= 0.3 is 0 Å². The van der Waals surface area contributed by atoms with E-state index in [4.69, 9.17) is 0 Å². The number of nitrogens with one attached hydrogen (secondary N) is 1. The van der Waals surface area contributed by atoms with Crippen molar-refractivity contribution in [1.29, 1.82) is 0 Å². The molecule has 2 N–H and O–H groups in total. The van der Waals surface area contributed by atoms with Gasteiger partial charge in [-0.25, -0.2) is 0 Å². The fraction of sp³-hybridized carbons (Fsp3) is 0.500. The fourth-order valence-corrected chi connectivity index (χ4v) is 3.47. The average Bonchev–Trinajstić information content (AvgIpc) is 3.05. The third kappa shape index (κ3) is 3.02. The van der Waals surface area contributed by atoms with Gasteiger partial charge in [-0.15, -0.1) is 0 Å². The zero-order valence-corrected chi connectivity index (χ0v) is 13.4. The van der Waals surface area contributed by atoms with E-state index in [0.29, 0.717) is 13.0 Å². The van der Waals surface area contributed by atoms with E-state index in [1.54, 1.807) is 11.9 Å². The second-order valence-corrected chi connectivity index (χ2v) is 6.72. The predicted molar refractivity (Wildman–Crippen MR) is 87.8 cm³/mol. The van der Waals surface area contributed by atoms with Crippen LogP contribution in [0.1, 0.15) is 36.8 Å². The number of nitrogens with zero attached hydrogens (tertiary/aromatic N) is 1. The predicted octanol–water partition coefficient (Wildman–Crippen LogP) is 2.78. The number of aromatic nitrogens is 1. The lowest BCUT2D eigenvalue weighted by molar-refractivity contribution is -0.132. The van der Waals surface area contributed by atoms with Crippen LogP contribution in [0.15, 0.2) is 24.4 Å². The summed E-state index contributed by atoms with van der Waals surface area (Å²) in [6, 6.07) is 6.22. The molecule has 0 unspecified atom stereocenters. The van der Waals surface area contributed by atoms with Gasteiger partial charge < -0.3 is 15.0 Å². The Bertz CT molecular complexity index is 683. The molecule has 1 fully saturated rings. The normalized spacial score (nSPS) is 17.0. The molecule has 1 amide bonds. The molecule has 118 valence electrons. The van der Waals surface area contributed by atoms with Crippen molar-refractivity contribution in [2.24, 2.45) is 0 Å². The Labute approximate surface area is 131 Å². The van der Waals surface area contributed by atoms with Gasteiger partial charge in [0, 0.05) is 30.7 Å². The highest BCUT2D eigenvalue weighted by molar-refractivity contribution is 5.89. The molecule has 3 rings (SSSR count). The maximum Gasteiger partial charge on any atom is 0.226 e. The minimum Gasteiger partial charge on any atom is -0.388 e. The molecular weight excluding hydrogens is 276 g/mol. The van der Waals surface area contributed by atoms with Crippen molar-refractivity contribution in [1.82, 2.24) is 9.88 Å². The van der Waals surface area contributed by atoms with Crippen LogP contribution in [0.5, 0.6) is 0 Å². The lowest BCUT2D eigenvalue weighted by Gasteiger charge is -2.28. The maximum atomic E-state index is 12.5. The van der Waals surface area contributed by atoms with Crippen LogP contribution in [-0.4, -0.2) is 40.1 Å². The Hall–Kier alpha value is -1.81. The Balaban J connectivity index is 1.70. The Kier molecular flexibility index (Phi) is 3.96. The number of aryl methyl sites for hydroxylation is 1. The first-order valence-electron chi connectivity index (χ1n) is 8.00. The number of aliphatic hydroxyl groups is 1. The molecule has 0 saturated heterocycles. The first-order valence-corrected chi connectivity index (χ1v) is 8.00. The van der Waals surface area contributed by atoms with Crippen molar-refractivity contribution in [3.63, 3.8) is 0 Å². The molecule has 22 heavy (non-hydrogen) atoms. The van der Waals surface area contributed by atoms with Crippen LogP contribution >= 0.6 is 0 Å². The van der Waals surface area contributed by atoms with Crippen molar-refractivity contribution in [2.75, 3.05) is 13.6 Å². The van der Waals surface area contributed by atoms with E-state index in [9.17, 15) is 9.90 Å². The number of carbonyl (C=O) groups is 1. The van der Waals surface area contributed by atoms with Crippen LogP contribution in [0.3, 0.4) is 0 Å². The van der Waals surface area contributed by atoms with E-state index in [-0.39, 0.29) is 5.91 Å². The van der Waals surface area contributed by atoms with Gasteiger partial charge in [0.25, 0.3) is 0 Å². The lowest BCUT2D eigenvalue weighted by atomic mass is 10.0. The number of hydrogen-bond acceptors (Lipinski definition) is 2. The molecule has 1 aliphatic carbocycles. The zero-order valence-electron chi connectivity index (χ0n) is 13.4. The van der Waals surface area contributed by atoms with Gasteiger partial charge in [0.05, 0.1) is 12.0 Å². The zero-order chi connectivity index (χ0) is 15.7. The molecule has 0 atom stereocenters. The van der Waals surface area contributed by atoms with Gasteiger partial charge in [-0.1, -0.05) is 25.0 Å². The number of fused-ring (bicyclic) bond motifs is 1. The van der Waals surface area contributed by atoms with Crippen LogP contribution < -0.4 is 0 Å². The molecular formula is C18H24N2O2.